The van der Waals surface area contributed by atoms with Crippen molar-refractivity contribution in [3.63, 3.8) is 0 Å². The number of hydrogen-bond donors (Lipinski definition) is 1. The van der Waals surface area contributed by atoms with Crippen molar-refractivity contribution in [3.8, 4) is 0 Å². The molecule has 4 rings (SSSR count). The number of nitrogens with zero attached hydrogens (tertiary/aromatic N) is 3. The van der Waals surface area contributed by atoms with Crippen LogP contribution in [0.2, 0.25) is 0 Å². The van der Waals surface area contributed by atoms with Gasteiger partial charge in [0.05, 0.1) is 16.3 Å². The predicted octanol–water partition coefficient (Wildman–Crippen LogP) is 2.29. The highest BCUT2D eigenvalue weighted by Crippen LogP contribution is 2.37. The molecule has 8 nitrogen and oxygen atoms in total. The SMILES string of the molecule is O=C(CN1C(=O)CSc2ccc(S(=O)(=O)N3CCCCC3)cc21)NCCCN1CCCCC1. The minimum atomic E-state index is -3.61. The maximum Gasteiger partial charge on any atom is 0.243 e. The molecule has 2 saturated heterocycles. The van der Waals surface area contributed by atoms with Crippen molar-refractivity contribution >= 4 is 39.3 Å². The van der Waals surface area contributed by atoms with Crippen LogP contribution < -0.4 is 10.2 Å². The zero-order chi connectivity index (χ0) is 23.3. The van der Waals surface area contributed by atoms with Gasteiger partial charge in [0.25, 0.3) is 0 Å². The Morgan fingerprint density at radius 2 is 1.70 bits per heavy atom. The Morgan fingerprint density at radius 1 is 1.00 bits per heavy atom. The second-order valence-corrected chi connectivity index (χ2v) is 11.9. The average molecular weight is 495 g/mol. The fourth-order valence-electron chi connectivity index (χ4n) is 4.68. The first-order valence-corrected chi connectivity index (χ1v) is 14.4. The molecule has 3 aliphatic heterocycles. The van der Waals surface area contributed by atoms with Crippen LogP contribution >= 0.6 is 11.8 Å². The summed E-state index contributed by atoms with van der Waals surface area (Å²) in [6, 6.07) is 4.93. The first-order chi connectivity index (χ1) is 15.9. The second-order valence-electron chi connectivity index (χ2n) is 8.97. The number of amides is 2. The Kier molecular flexibility index (Phi) is 8.32. The number of hydrogen-bond acceptors (Lipinski definition) is 6. The fraction of sp³-hybridized carbons (Fsp3) is 0.652. The molecule has 0 aliphatic carbocycles. The summed E-state index contributed by atoms with van der Waals surface area (Å²) in [5.41, 5.74) is 0.512. The van der Waals surface area contributed by atoms with Gasteiger partial charge in [-0.3, -0.25) is 9.59 Å². The van der Waals surface area contributed by atoms with Crippen molar-refractivity contribution in [1.29, 1.82) is 0 Å². The van der Waals surface area contributed by atoms with Crippen LogP contribution in [0.5, 0.6) is 0 Å². The highest BCUT2D eigenvalue weighted by atomic mass is 32.2. The number of thioether (sulfide) groups is 1. The molecule has 0 spiro atoms. The number of anilines is 1. The van der Waals surface area contributed by atoms with Gasteiger partial charge in [0.1, 0.15) is 6.54 Å². The van der Waals surface area contributed by atoms with E-state index in [1.165, 1.54) is 40.2 Å². The van der Waals surface area contributed by atoms with E-state index in [0.29, 0.717) is 25.3 Å². The summed E-state index contributed by atoms with van der Waals surface area (Å²) in [4.78, 5) is 30.1. The lowest BCUT2D eigenvalue weighted by molar-refractivity contribution is -0.123. The summed E-state index contributed by atoms with van der Waals surface area (Å²) in [5.74, 6) is -0.152. The third kappa shape index (κ3) is 6.09. The van der Waals surface area contributed by atoms with Crippen molar-refractivity contribution in [2.75, 3.05) is 56.5 Å². The number of carbonyl (C=O) groups excluding carboxylic acids is 2. The molecule has 10 heteroatoms. The fourth-order valence-corrected chi connectivity index (χ4v) is 7.14. The molecule has 33 heavy (non-hydrogen) atoms. The number of sulfonamides is 1. The zero-order valence-corrected chi connectivity index (χ0v) is 20.8. The Bertz CT molecular complexity index is 957. The summed E-state index contributed by atoms with van der Waals surface area (Å²) in [5, 5.41) is 2.92. The van der Waals surface area contributed by atoms with Crippen molar-refractivity contribution in [2.24, 2.45) is 0 Å². The van der Waals surface area contributed by atoms with Crippen LogP contribution in [-0.4, -0.2) is 81.0 Å². The summed E-state index contributed by atoms with van der Waals surface area (Å²) in [7, 11) is -3.61. The molecular formula is C23H34N4O4S2. The second kappa shape index (κ2) is 11.2. The maximum absolute atomic E-state index is 13.1. The molecule has 1 aromatic carbocycles. The van der Waals surface area contributed by atoms with Gasteiger partial charge in [0.15, 0.2) is 0 Å². The number of fused-ring (bicyclic) bond motifs is 1. The van der Waals surface area contributed by atoms with Gasteiger partial charge in [-0.15, -0.1) is 11.8 Å². The molecule has 3 heterocycles. The van der Waals surface area contributed by atoms with Gasteiger partial charge in [-0.1, -0.05) is 12.8 Å². The molecular weight excluding hydrogens is 460 g/mol. The lowest BCUT2D eigenvalue weighted by atomic mass is 10.1. The Labute approximate surface area is 201 Å². The van der Waals surface area contributed by atoms with Gasteiger partial charge in [0.2, 0.25) is 21.8 Å². The number of piperidine rings is 2. The van der Waals surface area contributed by atoms with E-state index in [2.05, 4.69) is 10.2 Å². The summed E-state index contributed by atoms with van der Waals surface area (Å²) in [6.45, 7) is 4.76. The van der Waals surface area contributed by atoms with Crippen LogP contribution in [-0.2, 0) is 19.6 Å². The Morgan fingerprint density at radius 3 is 2.42 bits per heavy atom. The molecule has 0 unspecified atom stereocenters. The first-order valence-electron chi connectivity index (χ1n) is 12.0. The Balaban J connectivity index is 1.39. The third-order valence-corrected chi connectivity index (χ3v) is 9.49. The van der Waals surface area contributed by atoms with Crippen molar-refractivity contribution in [2.45, 2.75) is 54.7 Å². The lowest BCUT2D eigenvalue weighted by Crippen LogP contribution is -2.44. The van der Waals surface area contributed by atoms with Crippen LogP contribution in [0.4, 0.5) is 5.69 Å². The Hall–Kier alpha value is -1.62. The number of likely N-dealkylation sites (tertiary alicyclic amines) is 1. The topological polar surface area (TPSA) is 90.0 Å². The minimum Gasteiger partial charge on any atom is -0.355 e. The molecule has 2 amide bonds. The van der Waals surface area contributed by atoms with Crippen molar-refractivity contribution < 1.29 is 18.0 Å². The van der Waals surface area contributed by atoms with E-state index in [1.54, 1.807) is 18.2 Å². The minimum absolute atomic E-state index is 0.0939. The molecule has 182 valence electrons. The standard InChI is InChI=1S/C23H34N4O4S2/c28-22(24-10-7-13-25-11-3-1-4-12-25)17-27-20-16-19(8-9-21(20)32-18-23(27)29)33(30,31)26-14-5-2-6-15-26/h8-9,16H,1-7,10-15,17-18H2,(H,24,28). The molecule has 0 atom stereocenters. The van der Waals surface area contributed by atoms with E-state index in [1.807, 2.05) is 0 Å². The van der Waals surface area contributed by atoms with E-state index in [0.717, 1.165) is 50.2 Å². The smallest absolute Gasteiger partial charge is 0.243 e. The van der Waals surface area contributed by atoms with Gasteiger partial charge in [-0.2, -0.15) is 4.31 Å². The van der Waals surface area contributed by atoms with Gasteiger partial charge in [-0.05, 0) is 69.9 Å². The molecule has 1 aromatic rings. The third-order valence-electron chi connectivity index (χ3n) is 6.55. The van der Waals surface area contributed by atoms with E-state index in [9.17, 15) is 18.0 Å². The summed E-state index contributed by atoms with van der Waals surface area (Å²) >= 11 is 1.38. The number of carbonyl (C=O) groups is 2. The number of nitrogens with one attached hydrogen (secondary N) is 1. The molecule has 3 aliphatic rings. The van der Waals surface area contributed by atoms with Crippen LogP contribution in [0.1, 0.15) is 44.9 Å². The monoisotopic (exact) mass is 494 g/mol. The molecule has 0 bridgehead atoms. The molecule has 0 radical (unpaired) electrons. The van der Waals surface area contributed by atoms with Crippen LogP contribution in [0.15, 0.2) is 28.0 Å². The number of benzene rings is 1. The van der Waals surface area contributed by atoms with Crippen molar-refractivity contribution in [3.05, 3.63) is 18.2 Å². The van der Waals surface area contributed by atoms with E-state index in [-0.39, 0.29) is 29.0 Å². The normalized spacial score (nSPS) is 20.5. The highest BCUT2D eigenvalue weighted by molar-refractivity contribution is 8.00. The van der Waals surface area contributed by atoms with E-state index in [4.69, 9.17) is 0 Å². The van der Waals surface area contributed by atoms with Gasteiger partial charge < -0.3 is 15.1 Å². The number of rotatable bonds is 8. The molecule has 2 fully saturated rings. The maximum atomic E-state index is 13.1. The van der Waals surface area contributed by atoms with E-state index >= 15 is 0 Å². The molecule has 0 saturated carbocycles. The van der Waals surface area contributed by atoms with Crippen LogP contribution in [0.25, 0.3) is 0 Å². The molecule has 1 N–H and O–H groups in total. The largest absolute Gasteiger partial charge is 0.355 e. The van der Waals surface area contributed by atoms with Crippen LogP contribution in [0.3, 0.4) is 0 Å². The van der Waals surface area contributed by atoms with Crippen molar-refractivity contribution in [1.82, 2.24) is 14.5 Å². The predicted molar refractivity (Wildman–Crippen MR) is 130 cm³/mol. The zero-order valence-electron chi connectivity index (χ0n) is 19.1. The lowest BCUT2D eigenvalue weighted by Gasteiger charge is -2.30. The molecule has 0 aromatic heterocycles. The highest BCUT2D eigenvalue weighted by Gasteiger charge is 2.31. The van der Waals surface area contributed by atoms with Gasteiger partial charge >= 0.3 is 0 Å². The first kappa shape index (κ1) is 24.5. The van der Waals surface area contributed by atoms with Crippen LogP contribution in [0, 0.1) is 0 Å². The summed E-state index contributed by atoms with van der Waals surface area (Å²) < 4.78 is 27.8. The van der Waals surface area contributed by atoms with E-state index < -0.39 is 10.0 Å². The quantitative estimate of drug-likeness (QED) is 0.558. The average Bonchev–Trinajstić information content (AvgIpc) is 2.84. The summed E-state index contributed by atoms with van der Waals surface area (Å²) in [6.07, 6.45) is 7.45. The van der Waals surface area contributed by atoms with Gasteiger partial charge in [-0.25, -0.2) is 8.42 Å². The van der Waals surface area contributed by atoms with Gasteiger partial charge in [0, 0.05) is 24.5 Å².